The van der Waals surface area contributed by atoms with Gasteiger partial charge in [-0.25, -0.2) is 0 Å². The highest BCUT2D eigenvalue weighted by Crippen LogP contribution is 2.27. The molecule has 0 spiro atoms. The van der Waals surface area contributed by atoms with Crippen LogP contribution in [0.4, 0.5) is 5.69 Å². The number of hydrogen-bond donors (Lipinski definition) is 2. The maximum Gasteiger partial charge on any atom is 0.179 e. The number of anilines is 1. The van der Waals surface area contributed by atoms with Crippen LogP contribution in [0, 0.1) is 0 Å². The molecule has 0 saturated heterocycles. The highest BCUT2D eigenvalue weighted by atomic mass is 16.5. The summed E-state index contributed by atoms with van der Waals surface area (Å²) in [5, 5.41) is 6.72. The zero-order valence-electron chi connectivity index (χ0n) is 14.4. The minimum Gasteiger partial charge on any atom is -0.497 e. The van der Waals surface area contributed by atoms with E-state index in [2.05, 4.69) is 17.6 Å². The molecule has 0 bridgehead atoms. The lowest BCUT2D eigenvalue weighted by molar-refractivity contribution is 0.0950. The zero-order chi connectivity index (χ0) is 17.1. The standard InChI is InChI=1S/C20H24N2O2/c1-13-10-17-11-16(6-9-19(17)22-13)20(23)14(2)21-12-15-4-7-18(24-3)8-5-15/h4-9,11,13-14,21-22H,10,12H2,1-3H3. The quantitative estimate of drug-likeness (QED) is 0.800. The SMILES string of the molecule is COc1ccc(CNC(C)C(=O)c2ccc3c(c2)CC(C)N3)cc1. The molecule has 1 aliphatic rings. The molecule has 1 aliphatic heterocycles. The van der Waals surface area contributed by atoms with Crippen LogP contribution in [0.2, 0.25) is 0 Å². The molecule has 2 N–H and O–H groups in total. The molecule has 0 saturated carbocycles. The van der Waals surface area contributed by atoms with Crippen LogP contribution in [0.1, 0.15) is 35.3 Å². The van der Waals surface area contributed by atoms with E-state index >= 15 is 0 Å². The van der Waals surface area contributed by atoms with Crippen LogP contribution in [0.3, 0.4) is 0 Å². The number of carbonyl (C=O) groups excluding carboxylic acids is 1. The highest BCUT2D eigenvalue weighted by molar-refractivity contribution is 6.00. The van der Waals surface area contributed by atoms with E-state index in [1.165, 1.54) is 5.56 Å². The van der Waals surface area contributed by atoms with Gasteiger partial charge < -0.3 is 15.4 Å². The molecule has 2 aromatic rings. The number of carbonyl (C=O) groups is 1. The van der Waals surface area contributed by atoms with E-state index in [0.717, 1.165) is 29.0 Å². The van der Waals surface area contributed by atoms with Gasteiger partial charge in [-0.15, -0.1) is 0 Å². The summed E-state index contributed by atoms with van der Waals surface area (Å²) in [6.07, 6.45) is 0.976. The van der Waals surface area contributed by atoms with Crippen molar-refractivity contribution in [2.24, 2.45) is 0 Å². The van der Waals surface area contributed by atoms with Crippen molar-refractivity contribution >= 4 is 11.5 Å². The van der Waals surface area contributed by atoms with E-state index in [0.29, 0.717) is 12.6 Å². The smallest absolute Gasteiger partial charge is 0.179 e. The number of methoxy groups -OCH3 is 1. The third-order valence-corrected chi connectivity index (χ3v) is 4.48. The zero-order valence-corrected chi connectivity index (χ0v) is 14.4. The van der Waals surface area contributed by atoms with Gasteiger partial charge in [0.15, 0.2) is 5.78 Å². The first-order valence-electron chi connectivity index (χ1n) is 8.37. The summed E-state index contributed by atoms with van der Waals surface area (Å²) in [5.41, 5.74) is 4.29. The lowest BCUT2D eigenvalue weighted by atomic mass is 10.0. The monoisotopic (exact) mass is 324 g/mol. The Bertz CT molecular complexity index is 725. The van der Waals surface area contributed by atoms with Gasteiger partial charge in [0.25, 0.3) is 0 Å². The number of ether oxygens (including phenoxy) is 1. The fourth-order valence-electron chi connectivity index (χ4n) is 3.06. The predicted octanol–water partition coefficient (Wildman–Crippen LogP) is 3.41. The second-order valence-corrected chi connectivity index (χ2v) is 6.44. The van der Waals surface area contributed by atoms with Gasteiger partial charge in [-0.3, -0.25) is 4.79 Å². The molecule has 24 heavy (non-hydrogen) atoms. The normalized spacial score (nSPS) is 17.0. The van der Waals surface area contributed by atoms with E-state index in [1.54, 1.807) is 7.11 Å². The summed E-state index contributed by atoms with van der Waals surface area (Å²) < 4.78 is 5.16. The third kappa shape index (κ3) is 3.60. The summed E-state index contributed by atoms with van der Waals surface area (Å²) in [4.78, 5) is 12.6. The van der Waals surface area contributed by atoms with Gasteiger partial charge in [-0.05, 0) is 61.7 Å². The molecule has 2 unspecified atom stereocenters. The lowest BCUT2D eigenvalue weighted by Gasteiger charge is -2.14. The molecule has 126 valence electrons. The van der Waals surface area contributed by atoms with Crippen molar-refractivity contribution in [3.63, 3.8) is 0 Å². The summed E-state index contributed by atoms with van der Waals surface area (Å²) in [5.74, 6) is 0.967. The highest BCUT2D eigenvalue weighted by Gasteiger charge is 2.20. The number of benzene rings is 2. The van der Waals surface area contributed by atoms with Gasteiger partial charge in [-0.2, -0.15) is 0 Å². The fourth-order valence-corrected chi connectivity index (χ4v) is 3.06. The van der Waals surface area contributed by atoms with Gasteiger partial charge in [0.1, 0.15) is 5.75 Å². The Morgan fingerprint density at radius 1 is 1.29 bits per heavy atom. The first-order chi connectivity index (χ1) is 11.6. The second-order valence-electron chi connectivity index (χ2n) is 6.44. The van der Waals surface area contributed by atoms with E-state index in [1.807, 2.05) is 49.4 Å². The van der Waals surface area contributed by atoms with Crippen LogP contribution in [-0.4, -0.2) is 25.0 Å². The average molecular weight is 324 g/mol. The molecule has 0 aliphatic carbocycles. The van der Waals surface area contributed by atoms with Crippen molar-refractivity contribution in [2.45, 2.75) is 38.9 Å². The molecule has 4 nitrogen and oxygen atoms in total. The van der Waals surface area contributed by atoms with Crippen LogP contribution < -0.4 is 15.4 Å². The van der Waals surface area contributed by atoms with Crippen molar-refractivity contribution in [3.05, 3.63) is 59.2 Å². The first-order valence-corrected chi connectivity index (χ1v) is 8.37. The Balaban J connectivity index is 1.61. The van der Waals surface area contributed by atoms with Gasteiger partial charge in [0.2, 0.25) is 0 Å². The van der Waals surface area contributed by atoms with Crippen molar-refractivity contribution in [1.29, 1.82) is 0 Å². The van der Waals surface area contributed by atoms with E-state index in [9.17, 15) is 4.79 Å². The molecule has 4 heteroatoms. The third-order valence-electron chi connectivity index (χ3n) is 4.48. The van der Waals surface area contributed by atoms with Gasteiger partial charge in [-0.1, -0.05) is 12.1 Å². The van der Waals surface area contributed by atoms with E-state index in [4.69, 9.17) is 4.74 Å². The minimum atomic E-state index is -0.225. The van der Waals surface area contributed by atoms with Crippen LogP contribution >= 0.6 is 0 Å². The Morgan fingerprint density at radius 3 is 2.75 bits per heavy atom. The van der Waals surface area contributed by atoms with Crippen molar-refractivity contribution in [3.8, 4) is 5.75 Å². The average Bonchev–Trinajstić information content (AvgIpc) is 2.98. The number of nitrogens with one attached hydrogen (secondary N) is 2. The Labute approximate surface area is 143 Å². The second kappa shape index (κ2) is 7.05. The summed E-state index contributed by atoms with van der Waals surface area (Å²) in [6, 6.07) is 14.0. The molecular weight excluding hydrogens is 300 g/mol. The molecule has 0 amide bonds. The summed E-state index contributed by atoms with van der Waals surface area (Å²) in [6.45, 7) is 4.72. The fraction of sp³-hybridized carbons (Fsp3) is 0.350. The van der Waals surface area contributed by atoms with Crippen LogP contribution in [0.25, 0.3) is 0 Å². The van der Waals surface area contributed by atoms with Crippen molar-refractivity contribution in [2.75, 3.05) is 12.4 Å². The molecule has 0 aromatic heterocycles. The molecule has 3 rings (SSSR count). The number of rotatable bonds is 6. The van der Waals surface area contributed by atoms with Gasteiger partial charge >= 0.3 is 0 Å². The van der Waals surface area contributed by atoms with Crippen LogP contribution in [-0.2, 0) is 13.0 Å². The maximum absolute atomic E-state index is 12.6. The maximum atomic E-state index is 12.6. The molecule has 0 fully saturated rings. The Kier molecular flexibility index (Phi) is 4.86. The Hall–Kier alpha value is -2.33. The number of Topliss-reactive ketones (excluding diaryl/α,β-unsaturated/α-hetero) is 1. The largest absolute Gasteiger partial charge is 0.497 e. The topological polar surface area (TPSA) is 50.4 Å². The molecule has 0 radical (unpaired) electrons. The van der Waals surface area contributed by atoms with Crippen LogP contribution in [0.15, 0.2) is 42.5 Å². The van der Waals surface area contributed by atoms with Crippen LogP contribution in [0.5, 0.6) is 5.75 Å². The first kappa shape index (κ1) is 16.5. The minimum absolute atomic E-state index is 0.130. The number of hydrogen-bond acceptors (Lipinski definition) is 4. The van der Waals surface area contributed by atoms with Crippen molar-refractivity contribution in [1.82, 2.24) is 5.32 Å². The van der Waals surface area contributed by atoms with E-state index < -0.39 is 0 Å². The molecule has 2 aromatic carbocycles. The number of ketones is 1. The number of fused-ring (bicyclic) bond motifs is 1. The molecule has 2 atom stereocenters. The molecular formula is C20H24N2O2. The predicted molar refractivity (Wildman–Crippen MR) is 96.9 cm³/mol. The summed E-state index contributed by atoms with van der Waals surface area (Å²) >= 11 is 0. The van der Waals surface area contributed by atoms with Gasteiger partial charge in [0, 0.05) is 23.8 Å². The molecule has 1 heterocycles. The van der Waals surface area contributed by atoms with Gasteiger partial charge in [0.05, 0.1) is 13.2 Å². The Morgan fingerprint density at radius 2 is 2.04 bits per heavy atom. The summed E-state index contributed by atoms with van der Waals surface area (Å²) in [7, 11) is 1.65. The van der Waals surface area contributed by atoms with Crippen molar-refractivity contribution < 1.29 is 9.53 Å². The van der Waals surface area contributed by atoms with E-state index in [-0.39, 0.29) is 11.8 Å². The lowest BCUT2D eigenvalue weighted by Crippen LogP contribution is -2.33.